The van der Waals surface area contributed by atoms with Gasteiger partial charge < -0.3 is 10.1 Å². The smallest absolute Gasteiger partial charge is 0.137 e. The molecule has 112 valence electrons. The van der Waals surface area contributed by atoms with Crippen LogP contribution in [0.25, 0.3) is 0 Å². The van der Waals surface area contributed by atoms with Gasteiger partial charge in [-0.2, -0.15) is 0 Å². The molecule has 5 heteroatoms. The molecule has 0 atom stereocenters. The summed E-state index contributed by atoms with van der Waals surface area (Å²) in [5, 5.41) is 3.19. The molecular weight excluding hydrogens is 340 g/mol. The third-order valence-corrected chi connectivity index (χ3v) is 3.58. The predicted octanol–water partition coefficient (Wildman–Crippen LogP) is 4.42. The van der Waals surface area contributed by atoms with Gasteiger partial charge in [0.15, 0.2) is 0 Å². The van der Waals surface area contributed by atoms with E-state index < -0.39 is 0 Å². The second-order valence-electron chi connectivity index (χ2n) is 4.57. The van der Waals surface area contributed by atoms with Crippen LogP contribution < -0.4 is 10.1 Å². The lowest BCUT2D eigenvalue weighted by atomic mass is 10.1. The highest BCUT2D eigenvalue weighted by Gasteiger charge is 2.06. The molecule has 2 rings (SSSR count). The molecule has 0 bridgehead atoms. The molecule has 2 aromatic carbocycles. The van der Waals surface area contributed by atoms with Gasteiger partial charge in [-0.25, -0.2) is 8.78 Å². The van der Waals surface area contributed by atoms with E-state index in [0.29, 0.717) is 22.3 Å². The fourth-order valence-electron chi connectivity index (χ4n) is 1.85. The number of ether oxygens (including phenoxy) is 1. The molecular formula is C16H16BrF2NO. The number of hydrogen-bond acceptors (Lipinski definition) is 2. The van der Waals surface area contributed by atoms with Crippen LogP contribution in [0.3, 0.4) is 0 Å². The van der Waals surface area contributed by atoms with Gasteiger partial charge >= 0.3 is 0 Å². The first-order chi connectivity index (χ1) is 10.1. The Hall–Kier alpha value is -1.46. The molecule has 2 aromatic rings. The Bertz CT molecular complexity index is 619. The molecule has 0 aliphatic heterocycles. The molecule has 0 aliphatic carbocycles. The average molecular weight is 356 g/mol. The Morgan fingerprint density at radius 3 is 2.57 bits per heavy atom. The van der Waals surface area contributed by atoms with E-state index in [1.165, 1.54) is 24.3 Å². The maximum absolute atomic E-state index is 13.8. The van der Waals surface area contributed by atoms with Crippen molar-refractivity contribution in [3.8, 4) is 5.75 Å². The molecule has 0 spiro atoms. The molecule has 0 aliphatic rings. The standard InChI is InChI=1S/C16H16BrF2NO/c1-2-20-9-11-3-5-15(18)12(7-11)10-21-13-4-6-16(19)14(17)8-13/h3-8,20H,2,9-10H2,1H3. The summed E-state index contributed by atoms with van der Waals surface area (Å²) in [5.41, 5.74) is 1.47. The van der Waals surface area contributed by atoms with Gasteiger partial charge in [-0.15, -0.1) is 0 Å². The summed E-state index contributed by atoms with van der Waals surface area (Å²) in [7, 11) is 0. The lowest BCUT2D eigenvalue weighted by Gasteiger charge is -2.10. The summed E-state index contributed by atoms with van der Waals surface area (Å²) in [6, 6.07) is 9.30. The topological polar surface area (TPSA) is 21.3 Å². The van der Waals surface area contributed by atoms with Crippen molar-refractivity contribution in [3.63, 3.8) is 0 Å². The Labute approximate surface area is 131 Å². The van der Waals surface area contributed by atoms with Gasteiger partial charge in [0.1, 0.15) is 24.0 Å². The molecule has 0 radical (unpaired) electrons. The monoisotopic (exact) mass is 355 g/mol. The summed E-state index contributed by atoms with van der Waals surface area (Å²) in [6.07, 6.45) is 0. The highest BCUT2D eigenvalue weighted by molar-refractivity contribution is 9.10. The summed E-state index contributed by atoms with van der Waals surface area (Å²) in [5.74, 6) is -0.183. The quantitative estimate of drug-likeness (QED) is 0.828. The second-order valence-corrected chi connectivity index (χ2v) is 5.43. The molecule has 2 nitrogen and oxygen atoms in total. The predicted molar refractivity (Wildman–Crippen MR) is 82.2 cm³/mol. The molecule has 0 saturated heterocycles. The van der Waals surface area contributed by atoms with E-state index in [4.69, 9.17) is 4.74 Å². The maximum atomic E-state index is 13.8. The zero-order valence-corrected chi connectivity index (χ0v) is 13.2. The molecule has 0 fully saturated rings. The minimum absolute atomic E-state index is 0.101. The van der Waals surface area contributed by atoms with Crippen molar-refractivity contribution < 1.29 is 13.5 Å². The normalized spacial score (nSPS) is 10.7. The molecule has 0 aromatic heterocycles. The first kappa shape index (κ1) is 15.9. The van der Waals surface area contributed by atoms with Crippen LogP contribution in [0.4, 0.5) is 8.78 Å². The van der Waals surface area contributed by atoms with E-state index in [1.807, 2.05) is 6.92 Å². The Balaban J connectivity index is 2.06. The van der Waals surface area contributed by atoms with Crippen LogP contribution in [0, 0.1) is 11.6 Å². The van der Waals surface area contributed by atoms with E-state index in [9.17, 15) is 8.78 Å². The molecule has 0 saturated carbocycles. The van der Waals surface area contributed by atoms with Gasteiger partial charge in [0.2, 0.25) is 0 Å². The Morgan fingerprint density at radius 1 is 1.10 bits per heavy atom. The summed E-state index contributed by atoms with van der Waals surface area (Å²) >= 11 is 3.09. The van der Waals surface area contributed by atoms with Crippen LogP contribution >= 0.6 is 15.9 Å². The van der Waals surface area contributed by atoms with Gasteiger partial charge in [-0.1, -0.05) is 13.0 Å². The van der Waals surface area contributed by atoms with E-state index in [1.54, 1.807) is 12.1 Å². The SMILES string of the molecule is CCNCc1ccc(F)c(COc2ccc(F)c(Br)c2)c1. The zero-order chi connectivity index (χ0) is 15.2. The lowest BCUT2D eigenvalue weighted by Crippen LogP contribution is -2.12. The van der Waals surface area contributed by atoms with Crippen molar-refractivity contribution in [3.05, 3.63) is 63.6 Å². The zero-order valence-electron chi connectivity index (χ0n) is 11.6. The van der Waals surface area contributed by atoms with Crippen molar-refractivity contribution in [2.45, 2.75) is 20.1 Å². The second kappa shape index (κ2) is 7.52. The van der Waals surface area contributed by atoms with Gasteiger partial charge in [0, 0.05) is 12.1 Å². The lowest BCUT2D eigenvalue weighted by molar-refractivity contribution is 0.299. The summed E-state index contributed by atoms with van der Waals surface area (Å²) in [4.78, 5) is 0. The molecule has 0 heterocycles. The van der Waals surface area contributed by atoms with Crippen molar-refractivity contribution in [2.24, 2.45) is 0 Å². The van der Waals surface area contributed by atoms with Crippen molar-refractivity contribution in [2.75, 3.05) is 6.54 Å². The van der Waals surface area contributed by atoms with E-state index in [2.05, 4.69) is 21.2 Å². The fraction of sp³-hybridized carbons (Fsp3) is 0.250. The van der Waals surface area contributed by atoms with Crippen LogP contribution in [0.15, 0.2) is 40.9 Å². The van der Waals surface area contributed by atoms with E-state index in [-0.39, 0.29) is 18.2 Å². The number of halogens is 3. The Morgan fingerprint density at radius 2 is 1.86 bits per heavy atom. The Kier molecular flexibility index (Phi) is 5.70. The highest BCUT2D eigenvalue weighted by atomic mass is 79.9. The third-order valence-electron chi connectivity index (χ3n) is 2.97. The van der Waals surface area contributed by atoms with Crippen molar-refractivity contribution in [1.82, 2.24) is 5.32 Å². The third kappa shape index (κ3) is 4.51. The number of benzene rings is 2. The van der Waals surface area contributed by atoms with Crippen LogP contribution in [0.2, 0.25) is 0 Å². The first-order valence-corrected chi connectivity index (χ1v) is 7.45. The molecule has 21 heavy (non-hydrogen) atoms. The summed E-state index contributed by atoms with van der Waals surface area (Å²) in [6.45, 7) is 3.66. The van der Waals surface area contributed by atoms with E-state index in [0.717, 1.165) is 12.1 Å². The van der Waals surface area contributed by atoms with Crippen LogP contribution in [-0.2, 0) is 13.2 Å². The van der Waals surface area contributed by atoms with Crippen LogP contribution in [0.5, 0.6) is 5.75 Å². The van der Waals surface area contributed by atoms with Crippen LogP contribution in [0.1, 0.15) is 18.1 Å². The van der Waals surface area contributed by atoms with Gasteiger partial charge in [0.05, 0.1) is 4.47 Å². The van der Waals surface area contributed by atoms with Crippen LogP contribution in [-0.4, -0.2) is 6.54 Å². The molecule has 0 unspecified atom stereocenters. The first-order valence-electron chi connectivity index (χ1n) is 6.66. The van der Waals surface area contributed by atoms with Crippen molar-refractivity contribution >= 4 is 15.9 Å². The number of hydrogen-bond donors (Lipinski definition) is 1. The maximum Gasteiger partial charge on any atom is 0.137 e. The van der Waals surface area contributed by atoms with Gasteiger partial charge in [-0.05, 0) is 58.4 Å². The number of rotatable bonds is 6. The largest absolute Gasteiger partial charge is 0.489 e. The van der Waals surface area contributed by atoms with Gasteiger partial charge in [0.25, 0.3) is 0 Å². The highest BCUT2D eigenvalue weighted by Crippen LogP contribution is 2.23. The number of nitrogens with one attached hydrogen (secondary N) is 1. The van der Waals surface area contributed by atoms with Crippen molar-refractivity contribution in [1.29, 1.82) is 0 Å². The minimum Gasteiger partial charge on any atom is -0.489 e. The fourth-order valence-corrected chi connectivity index (χ4v) is 2.20. The summed E-state index contributed by atoms with van der Waals surface area (Å²) < 4.78 is 32.7. The molecule has 1 N–H and O–H groups in total. The molecule has 0 amide bonds. The van der Waals surface area contributed by atoms with Gasteiger partial charge in [-0.3, -0.25) is 0 Å². The minimum atomic E-state index is -0.360. The van der Waals surface area contributed by atoms with E-state index >= 15 is 0 Å². The average Bonchev–Trinajstić information content (AvgIpc) is 2.48.